The SMILES string of the molecule is C#Cc1cc(F)c(OCc2ccccc2)cc1F. The van der Waals surface area contributed by atoms with Crippen molar-refractivity contribution in [3.63, 3.8) is 0 Å². The fourth-order valence-corrected chi connectivity index (χ4v) is 1.49. The number of benzene rings is 2. The molecule has 0 atom stereocenters. The summed E-state index contributed by atoms with van der Waals surface area (Å²) in [7, 11) is 0. The summed E-state index contributed by atoms with van der Waals surface area (Å²) in [5, 5.41) is 0. The van der Waals surface area contributed by atoms with Crippen molar-refractivity contribution in [2.45, 2.75) is 6.61 Å². The van der Waals surface area contributed by atoms with Gasteiger partial charge in [0.05, 0.1) is 5.56 Å². The van der Waals surface area contributed by atoms with Crippen LogP contribution >= 0.6 is 0 Å². The first-order chi connectivity index (χ1) is 8.70. The number of hydrogen-bond donors (Lipinski definition) is 0. The van der Waals surface area contributed by atoms with Crippen LogP contribution in [0.25, 0.3) is 0 Å². The van der Waals surface area contributed by atoms with Gasteiger partial charge in [0, 0.05) is 6.07 Å². The fraction of sp³-hybridized carbons (Fsp3) is 0.0667. The van der Waals surface area contributed by atoms with Crippen LogP contribution in [-0.2, 0) is 6.61 Å². The summed E-state index contributed by atoms with van der Waals surface area (Å²) < 4.78 is 32.1. The third-order valence-corrected chi connectivity index (χ3v) is 2.41. The molecule has 0 unspecified atom stereocenters. The quantitative estimate of drug-likeness (QED) is 0.750. The Balaban J connectivity index is 2.16. The van der Waals surface area contributed by atoms with Crippen molar-refractivity contribution < 1.29 is 13.5 Å². The van der Waals surface area contributed by atoms with Gasteiger partial charge in [-0.3, -0.25) is 0 Å². The maximum Gasteiger partial charge on any atom is 0.166 e. The lowest BCUT2D eigenvalue weighted by molar-refractivity contribution is 0.288. The second-order valence-electron chi connectivity index (χ2n) is 3.68. The monoisotopic (exact) mass is 244 g/mol. The van der Waals surface area contributed by atoms with E-state index in [1.165, 1.54) is 0 Å². The molecule has 0 aliphatic rings. The summed E-state index contributed by atoms with van der Waals surface area (Å²) in [6.45, 7) is 0.173. The molecule has 1 nitrogen and oxygen atoms in total. The van der Waals surface area contributed by atoms with Gasteiger partial charge in [-0.25, -0.2) is 8.78 Å². The van der Waals surface area contributed by atoms with Gasteiger partial charge in [0.1, 0.15) is 12.4 Å². The van der Waals surface area contributed by atoms with Crippen LogP contribution in [0.4, 0.5) is 8.78 Å². The van der Waals surface area contributed by atoms with E-state index in [0.717, 1.165) is 17.7 Å². The summed E-state index contributed by atoms with van der Waals surface area (Å²) >= 11 is 0. The van der Waals surface area contributed by atoms with Crippen molar-refractivity contribution in [1.82, 2.24) is 0 Å². The van der Waals surface area contributed by atoms with Gasteiger partial charge in [-0.1, -0.05) is 36.3 Å². The summed E-state index contributed by atoms with van der Waals surface area (Å²) in [6, 6.07) is 11.1. The van der Waals surface area contributed by atoms with E-state index in [9.17, 15) is 8.78 Å². The molecule has 0 saturated heterocycles. The van der Waals surface area contributed by atoms with Crippen LogP contribution in [0.1, 0.15) is 11.1 Å². The van der Waals surface area contributed by atoms with Gasteiger partial charge < -0.3 is 4.74 Å². The van der Waals surface area contributed by atoms with Crippen molar-refractivity contribution in [3.8, 4) is 18.1 Å². The second kappa shape index (κ2) is 5.33. The highest BCUT2D eigenvalue weighted by Gasteiger charge is 2.09. The van der Waals surface area contributed by atoms with Gasteiger partial charge >= 0.3 is 0 Å². The maximum atomic E-state index is 13.5. The van der Waals surface area contributed by atoms with Crippen molar-refractivity contribution in [3.05, 3.63) is 65.2 Å². The molecular formula is C15H10F2O. The normalized spacial score (nSPS) is 9.83. The third-order valence-electron chi connectivity index (χ3n) is 2.41. The van der Waals surface area contributed by atoms with Gasteiger partial charge in [-0.15, -0.1) is 6.42 Å². The lowest BCUT2D eigenvalue weighted by atomic mass is 10.2. The van der Waals surface area contributed by atoms with Crippen molar-refractivity contribution in [1.29, 1.82) is 0 Å². The van der Waals surface area contributed by atoms with E-state index in [2.05, 4.69) is 5.92 Å². The fourth-order valence-electron chi connectivity index (χ4n) is 1.49. The molecule has 3 heteroatoms. The third kappa shape index (κ3) is 2.67. The average Bonchev–Trinajstić information content (AvgIpc) is 2.40. The lowest BCUT2D eigenvalue weighted by Crippen LogP contribution is -1.99. The smallest absolute Gasteiger partial charge is 0.166 e. The van der Waals surface area contributed by atoms with Crippen molar-refractivity contribution in [2.24, 2.45) is 0 Å². The highest BCUT2D eigenvalue weighted by molar-refractivity contribution is 5.39. The molecule has 0 aliphatic heterocycles. The van der Waals surface area contributed by atoms with Gasteiger partial charge in [0.2, 0.25) is 0 Å². The number of hydrogen-bond acceptors (Lipinski definition) is 1. The number of ether oxygens (including phenoxy) is 1. The molecule has 0 amide bonds. The first-order valence-electron chi connectivity index (χ1n) is 5.33. The van der Waals surface area contributed by atoms with Crippen LogP contribution in [0.5, 0.6) is 5.75 Å². The van der Waals surface area contributed by atoms with E-state index in [1.54, 1.807) is 0 Å². The van der Waals surface area contributed by atoms with Gasteiger partial charge in [0.15, 0.2) is 11.6 Å². The predicted octanol–water partition coefficient (Wildman–Crippen LogP) is 3.53. The number of halogens is 2. The second-order valence-corrected chi connectivity index (χ2v) is 3.68. The molecule has 0 saturated carbocycles. The molecule has 18 heavy (non-hydrogen) atoms. The van der Waals surface area contributed by atoms with Crippen LogP contribution in [0.2, 0.25) is 0 Å². The molecule has 0 N–H and O–H groups in total. The summed E-state index contributed by atoms with van der Waals surface area (Å²) in [4.78, 5) is 0. The Kier molecular flexibility index (Phi) is 3.59. The molecule has 2 rings (SSSR count). The molecule has 0 radical (unpaired) electrons. The van der Waals surface area contributed by atoms with Crippen LogP contribution in [0, 0.1) is 24.0 Å². The van der Waals surface area contributed by atoms with Crippen molar-refractivity contribution in [2.75, 3.05) is 0 Å². The first-order valence-corrected chi connectivity index (χ1v) is 5.33. The lowest BCUT2D eigenvalue weighted by Gasteiger charge is -2.08. The minimum absolute atomic E-state index is 0.112. The molecule has 2 aromatic carbocycles. The van der Waals surface area contributed by atoms with E-state index < -0.39 is 11.6 Å². The number of rotatable bonds is 3. The minimum Gasteiger partial charge on any atom is -0.486 e. The molecular weight excluding hydrogens is 234 g/mol. The predicted molar refractivity (Wildman–Crippen MR) is 65.1 cm³/mol. The Hall–Kier alpha value is -2.34. The Bertz CT molecular complexity index is 585. The summed E-state index contributed by atoms with van der Waals surface area (Å²) in [5.74, 6) is 0.592. The van der Waals surface area contributed by atoms with E-state index in [0.29, 0.717) is 0 Å². The average molecular weight is 244 g/mol. The van der Waals surface area contributed by atoms with E-state index >= 15 is 0 Å². The summed E-state index contributed by atoms with van der Waals surface area (Å²) in [5.41, 5.74) is 0.762. The minimum atomic E-state index is -0.666. The standard InChI is InChI=1S/C15H10F2O/c1-2-12-8-14(17)15(9-13(12)16)18-10-11-6-4-3-5-7-11/h1,3-9H,10H2. The molecule has 0 aliphatic carbocycles. The molecule has 0 aromatic heterocycles. The molecule has 0 heterocycles. The van der Waals surface area contributed by atoms with E-state index in [4.69, 9.17) is 11.2 Å². The molecule has 2 aromatic rings. The largest absolute Gasteiger partial charge is 0.486 e. The molecule has 0 bridgehead atoms. The Labute approximate surface area is 104 Å². The molecule has 0 fully saturated rings. The van der Waals surface area contributed by atoms with Gasteiger partial charge in [-0.05, 0) is 11.6 Å². The van der Waals surface area contributed by atoms with Gasteiger partial charge in [0.25, 0.3) is 0 Å². The van der Waals surface area contributed by atoms with Crippen LogP contribution in [0.3, 0.4) is 0 Å². The molecule has 90 valence electrons. The zero-order chi connectivity index (χ0) is 13.0. The van der Waals surface area contributed by atoms with E-state index in [-0.39, 0.29) is 17.9 Å². The topological polar surface area (TPSA) is 9.23 Å². The first kappa shape index (κ1) is 12.1. The van der Waals surface area contributed by atoms with Crippen LogP contribution < -0.4 is 4.74 Å². The van der Waals surface area contributed by atoms with E-state index in [1.807, 2.05) is 30.3 Å². The van der Waals surface area contributed by atoms with Gasteiger partial charge in [-0.2, -0.15) is 0 Å². The van der Waals surface area contributed by atoms with Crippen LogP contribution in [0.15, 0.2) is 42.5 Å². The molecule has 0 spiro atoms. The Morgan fingerprint density at radius 3 is 2.44 bits per heavy atom. The van der Waals surface area contributed by atoms with Crippen molar-refractivity contribution >= 4 is 0 Å². The zero-order valence-corrected chi connectivity index (χ0v) is 9.49. The highest BCUT2D eigenvalue weighted by Crippen LogP contribution is 2.22. The Morgan fingerprint density at radius 1 is 1.06 bits per heavy atom. The number of terminal acetylenes is 1. The van der Waals surface area contributed by atoms with Crippen LogP contribution in [-0.4, -0.2) is 0 Å². The summed E-state index contributed by atoms with van der Waals surface area (Å²) in [6.07, 6.45) is 5.04. The zero-order valence-electron chi connectivity index (χ0n) is 9.49. The Morgan fingerprint density at radius 2 is 1.78 bits per heavy atom. The highest BCUT2D eigenvalue weighted by atomic mass is 19.1. The maximum absolute atomic E-state index is 13.5.